The maximum Gasteiger partial charge on any atom is 0.260 e. The van der Waals surface area contributed by atoms with Crippen LogP contribution in [-0.2, 0) is 11.3 Å². The Morgan fingerprint density at radius 1 is 1.26 bits per heavy atom. The number of likely N-dealkylation sites (N-methyl/N-ethyl adjacent to an activating group) is 1. The molecule has 2 rings (SSSR count). The number of carbonyl (C=O) groups is 1. The summed E-state index contributed by atoms with van der Waals surface area (Å²) in [4.78, 5) is 13.3. The van der Waals surface area contributed by atoms with E-state index in [2.05, 4.69) is 0 Å². The average molecular weight is 316 g/mol. The first-order valence-corrected chi connectivity index (χ1v) is 6.81. The number of carbonyl (C=O) groups excluding carboxylic acids is 1. The second-order valence-corrected chi connectivity index (χ2v) is 4.88. The summed E-state index contributed by atoms with van der Waals surface area (Å²) in [7, 11) is 1.49. The van der Waals surface area contributed by atoms with E-state index in [0.29, 0.717) is 11.3 Å². The molecule has 118 valence electrons. The first-order valence-electron chi connectivity index (χ1n) is 6.81. The summed E-state index contributed by atoms with van der Waals surface area (Å²) in [5, 5.41) is 8.94. The smallest absolute Gasteiger partial charge is 0.260 e. The molecule has 0 aliphatic carbocycles. The first kappa shape index (κ1) is 16.4. The van der Waals surface area contributed by atoms with Crippen molar-refractivity contribution in [2.75, 3.05) is 13.7 Å². The van der Waals surface area contributed by atoms with Crippen molar-refractivity contribution in [3.8, 4) is 11.8 Å². The fraction of sp³-hybridized carbons (Fsp3) is 0.176. The van der Waals surface area contributed by atoms with Gasteiger partial charge in [-0.15, -0.1) is 0 Å². The highest BCUT2D eigenvalue weighted by molar-refractivity contribution is 5.77. The molecule has 0 fully saturated rings. The van der Waals surface area contributed by atoms with E-state index in [1.165, 1.54) is 18.0 Å². The van der Waals surface area contributed by atoms with Crippen LogP contribution in [0.2, 0.25) is 0 Å². The van der Waals surface area contributed by atoms with Crippen LogP contribution in [0, 0.1) is 23.0 Å². The number of rotatable bonds is 5. The van der Waals surface area contributed by atoms with E-state index < -0.39 is 11.6 Å². The van der Waals surface area contributed by atoms with Crippen LogP contribution in [0.1, 0.15) is 11.1 Å². The molecule has 0 radical (unpaired) electrons. The molecule has 0 aliphatic rings. The molecule has 23 heavy (non-hydrogen) atoms. The lowest BCUT2D eigenvalue weighted by molar-refractivity contribution is -0.132. The summed E-state index contributed by atoms with van der Waals surface area (Å²) in [6, 6.07) is 11.7. The molecule has 0 aromatic heterocycles. The molecule has 0 saturated carbocycles. The Kier molecular flexibility index (Phi) is 5.26. The van der Waals surface area contributed by atoms with E-state index in [4.69, 9.17) is 10.00 Å². The second kappa shape index (κ2) is 7.36. The topological polar surface area (TPSA) is 53.3 Å². The van der Waals surface area contributed by atoms with Crippen LogP contribution >= 0.6 is 0 Å². The summed E-state index contributed by atoms with van der Waals surface area (Å²) < 4.78 is 31.8. The summed E-state index contributed by atoms with van der Waals surface area (Å²) in [6.45, 7) is -0.286. The minimum absolute atomic E-state index is 0.00575. The number of nitrogens with zero attached hydrogens (tertiary/aromatic N) is 2. The predicted molar refractivity (Wildman–Crippen MR) is 79.5 cm³/mol. The minimum Gasteiger partial charge on any atom is -0.482 e. The van der Waals surface area contributed by atoms with Crippen LogP contribution in [0.25, 0.3) is 0 Å². The van der Waals surface area contributed by atoms with E-state index in [0.717, 1.165) is 12.1 Å². The zero-order chi connectivity index (χ0) is 16.8. The molecule has 6 heteroatoms. The lowest BCUT2D eigenvalue weighted by Gasteiger charge is -2.18. The summed E-state index contributed by atoms with van der Waals surface area (Å²) in [5.74, 6) is -1.46. The normalized spacial score (nSPS) is 10.0. The molecule has 0 heterocycles. The molecule has 4 nitrogen and oxygen atoms in total. The molecule has 1 amide bonds. The number of hydrogen-bond donors (Lipinski definition) is 0. The highest BCUT2D eigenvalue weighted by atomic mass is 19.1. The third kappa shape index (κ3) is 4.27. The van der Waals surface area contributed by atoms with Gasteiger partial charge in [0.15, 0.2) is 6.61 Å². The third-order valence-electron chi connectivity index (χ3n) is 3.21. The van der Waals surface area contributed by atoms with E-state index in [1.807, 2.05) is 6.07 Å². The standard InChI is InChI=1S/C17H14F2N2O2/c1-21(10-13-6-7-14(18)8-15(13)19)17(22)11-23-16-5-3-2-4-12(16)9-20/h2-8H,10-11H2,1H3. The second-order valence-electron chi connectivity index (χ2n) is 4.88. The van der Waals surface area contributed by atoms with Gasteiger partial charge in [-0.3, -0.25) is 4.79 Å². The molecule has 0 saturated heterocycles. The number of para-hydroxylation sites is 1. The molecule has 0 bridgehead atoms. The fourth-order valence-electron chi connectivity index (χ4n) is 1.93. The van der Waals surface area contributed by atoms with E-state index in [1.54, 1.807) is 24.3 Å². The maximum absolute atomic E-state index is 13.6. The summed E-state index contributed by atoms with van der Waals surface area (Å²) in [5.41, 5.74) is 0.534. The minimum atomic E-state index is -0.708. The van der Waals surface area contributed by atoms with Gasteiger partial charge in [0.25, 0.3) is 5.91 Å². The number of halogens is 2. The average Bonchev–Trinajstić information content (AvgIpc) is 2.55. The van der Waals surface area contributed by atoms with Gasteiger partial charge in [0.05, 0.1) is 5.56 Å². The molecule has 0 atom stereocenters. The Labute approximate surface area is 132 Å². The number of hydrogen-bond acceptors (Lipinski definition) is 3. The van der Waals surface area contributed by atoms with Gasteiger partial charge < -0.3 is 9.64 Å². The zero-order valence-electron chi connectivity index (χ0n) is 12.4. The summed E-state index contributed by atoms with van der Waals surface area (Å²) in [6.07, 6.45) is 0. The van der Waals surface area contributed by atoms with Crippen LogP contribution in [0.5, 0.6) is 5.75 Å². The van der Waals surface area contributed by atoms with Crippen molar-refractivity contribution in [1.29, 1.82) is 5.26 Å². The highest BCUT2D eigenvalue weighted by Crippen LogP contribution is 2.17. The first-order chi connectivity index (χ1) is 11.0. The number of nitriles is 1. The lowest BCUT2D eigenvalue weighted by atomic mass is 10.2. The Hall–Kier alpha value is -2.94. The van der Waals surface area contributed by atoms with Gasteiger partial charge >= 0.3 is 0 Å². The predicted octanol–water partition coefficient (Wildman–Crippen LogP) is 2.87. The van der Waals surface area contributed by atoms with Gasteiger partial charge in [0.1, 0.15) is 23.5 Å². The monoisotopic (exact) mass is 316 g/mol. The molecule has 2 aromatic carbocycles. The van der Waals surface area contributed by atoms with Crippen LogP contribution in [0.3, 0.4) is 0 Å². The maximum atomic E-state index is 13.6. The van der Waals surface area contributed by atoms with Crippen molar-refractivity contribution in [2.24, 2.45) is 0 Å². The number of ether oxygens (including phenoxy) is 1. The molecule has 0 spiro atoms. The van der Waals surface area contributed by atoms with Crippen LogP contribution in [-0.4, -0.2) is 24.5 Å². The number of amides is 1. The third-order valence-corrected chi connectivity index (χ3v) is 3.21. The van der Waals surface area contributed by atoms with Crippen molar-refractivity contribution >= 4 is 5.91 Å². The van der Waals surface area contributed by atoms with E-state index in [-0.39, 0.29) is 24.6 Å². The molecule has 0 N–H and O–H groups in total. The van der Waals surface area contributed by atoms with Gasteiger partial charge in [-0.25, -0.2) is 8.78 Å². The van der Waals surface area contributed by atoms with Gasteiger partial charge in [-0.1, -0.05) is 18.2 Å². The molecule has 0 unspecified atom stereocenters. The number of benzene rings is 2. The summed E-state index contributed by atoms with van der Waals surface area (Å²) >= 11 is 0. The Morgan fingerprint density at radius 3 is 2.70 bits per heavy atom. The van der Waals surface area contributed by atoms with Crippen molar-refractivity contribution < 1.29 is 18.3 Å². The van der Waals surface area contributed by atoms with Gasteiger partial charge in [0.2, 0.25) is 0 Å². The van der Waals surface area contributed by atoms with Gasteiger partial charge in [0, 0.05) is 25.2 Å². The van der Waals surface area contributed by atoms with Gasteiger partial charge in [-0.05, 0) is 18.2 Å². The van der Waals surface area contributed by atoms with Crippen molar-refractivity contribution in [2.45, 2.75) is 6.54 Å². The van der Waals surface area contributed by atoms with Crippen LogP contribution in [0.15, 0.2) is 42.5 Å². The molecule has 0 aliphatic heterocycles. The van der Waals surface area contributed by atoms with E-state index in [9.17, 15) is 13.6 Å². The van der Waals surface area contributed by atoms with Crippen molar-refractivity contribution in [3.05, 3.63) is 65.2 Å². The highest BCUT2D eigenvalue weighted by Gasteiger charge is 2.14. The SMILES string of the molecule is CN(Cc1ccc(F)cc1F)C(=O)COc1ccccc1C#N. The van der Waals surface area contributed by atoms with Crippen LogP contribution < -0.4 is 4.74 Å². The van der Waals surface area contributed by atoms with Crippen LogP contribution in [0.4, 0.5) is 8.78 Å². The largest absolute Gasteiger partial charge is 0.482 e. The van der Waals surface area contributed by atoms with Gasteiger partial charge in [-0.2, -0.15) is 5.26 Å². The van der Waals surface area contributed by atoms with Crippen molar-refractivity contribution in [1.82, 2.24) is 4.90 Å². The quantitative estimate of drug-likeness (QED) is 0.852. The molecular weight excluding hydrogens is 302 g/mol. The van der Waals surface area contributed by atoms with Crippen molar-refractivity contribution in [3.63, 3.8) is 0 Å². The fourth-order valence-corrected chi connectivity index (χ4v) is 1.93. The Balaban J connectivity index is 1.96. The zero-order valence-corrected chi connectivity index (χ0v) is 12.4. The lowest BCUT2D eigenvalue weighted by Crippen LogP contribution is -2.31. The Bertz CT molecular complexity index is 756. The van der Waals surface area contributed by atoms with E-state index >= 15 is 0 Å². The molecular formula is C17H14F2N2O2. The molecule has 2 aromatic rings. The Morgan fingerprint density at radius 2 is 2.00 bits per heavy atom.